The van der Waals surface area contributed by atoms with E-state index in [2.05, 4.69) is 10.3 Å². The molecule has 0 radical (unpaired) electrons. The number of aromatic carboxylic acids is 1. The number of aryl methyl sites for hydroxylation is 1. The number of aromatic nitrogens is 3. The molecule has 0 fully saturated rings. The van der Waals surface area contributed by atoms with Gasteiger partial charge in [0.1, 0.15) is 0 Å². The molecule has 0 saturated heterocycles. The molecule has 0 bridgehead atoms. The molecule has 2 rings (SSSR count). The monoisotopic (exact) mass is 278 g/mol. The molecule has 3 N–H and O–H groups in total. The number of carboxylic acid groups (broad SMARTS) is 1. The second kappa shape index (κ2) is 6.35. The molecule has 0 aliphatic carbocycles. The van der Waals surface area contributed by atoms with Gasteiger partial charge in [0, 0.05) is 17.2 Å². The van der Waals surface area contributed by atoms with Crippen LogP contribution < -0.4 is 5.73 Å². The SMILES string of the molecule is NCc1c(C(=O)O)nnn1CCSc1ccccc1. The van der Waals surface area contributed by atoms with E-state index in [0.717, 1.165) is 10.6 Å². The van der Waals surface area contributed by atoms with E-state index in [-0.39, 0.29) is 12.2 Å². The molecular weight excluding hydrogens is 264 g/mol. The molecule has 0 atom stereocenters. The van der Waals surface area contributed by atoms with Crippen LogP contribution in [-0.4, -0.2) is 31.8 Å². The average molecular weight is 278 g/mol. The van der Waals surface area contributed by atoms with Gasteiger partial charge in [0.05, 0.1) is 12.2 Å². The third-order valence-corrected chi connectivity index (χ3v) is 3.54. The van der Waals surface area contributed by atoms with Crippen LogP contribution in [0.15, 0.2) is 35.2 Å². The van der Waals surface area contributed by atoms with E-state index in [4.69, 9.17) is 10.8 Å². The average Bonchev–Trinajstić information content (AvgIpc) is 2.83. The van der Waals surface area contributed by atoms with E-state index in [1.807, 2.05) is 30.3 Å². The summed E-state index contributed by atoms with van der Waals surface area (Å²) in [6.07, 6.45) is 0. The van der Waals surface area contributed by atoms with Crippen molar-refractivity contribution in [3.8, 4) is 0 Å². The van der Waals surface area contributed by atoms with Gasteiger partial charge in [0.15, 0.2) is 5.69 Å². The lowest BCUT2D eigenvalue weighted by Gasteiger charge is -2.05. The van der Waals surface area contributed by atoms with Gasteiger partial charge in [-0.2, -0.15) is 0 Å². The van der Waals surface area contributed by atoms with Crippen LogP contribution in [0.1, 0.15) is 16.2 Å². The maximum Gasteiger partial charge on any atom is 0.358 e. The van der Waals surface area contributed by atoms with Crippen molar-refractivity contribution in [2.45, 2.75) is 18.0 Å². The fourth-order valence-corrected chi connectivity index (χ4v) is 2.50. The number of carbonyl (C=O) groups is 1. The minimum absolute atomic E-state index is 0.0628. The van der Waals surface area contributed by atoms with Crippen molar-refractivity contribution in [2.24, 2.45) is 5.73 Å². The highest BCUT2D eigenvalue weighted by atomic mass is 32.2. The van der Waals surface area contributed by atoms with Crippen molar-refractivity contribution in [1.82, 2.24) is 15.0 Å². The summed E-state index contributed by atoms with van der Waals surface area (Å²) in [5, 5.41) is 16.4. The Hall–Kier alpha value is -1.86. The Morgan fingerprint density at radius 1 is 1.37 bits per heavy atom. The lowest BCUT2D eigenvalue weighted by atomic mass is 10.3. The predicted octanol–water partition coefficient (Wildman–Crippen LogP) is 1.23. The topological polar surface area (TPSA) is 94.0 Å². The first kappa shape index (κ1) is 13.6. The van der Waals surface area contributed by atoms with E-state index < -0.39 is 5.97 Å². The Morgan fingerprint density at radius 3 is 2.74 bits per heavy atom. The summed E-state index contributed by atoms with van der Waals surface area (Å²) >= 11 is 1.68. The number of nitrogens with two attached hydrogens (primary N) is 1. The van der Waals surface area contributed by atoms with Crippen LogP contribution in [0.2, 0.25) is 0 Å². The molecule has 0 unspecified atom stereocenters. The molecule has 0 aliphatic heterocycles. The summed E-state index contributed by atoms with van der Waals surface area (Å²) in [5.74, 6) is -0.318. The van der Waals surface area contributed by atoms with Crippen molar-refractivity contribution in [1.29, 1.82) is 0 Å². The zero-order valence-electron chi connectivity index (χ0n) is 10.2. The summed E-state index contributed by atoms with van der Waals surface area (Å²) < 4.78 is 1.55. The summed E-state index contributed by atoms with van der Waals surface area (Å²) in [4.78, 5) is 12.1. The van der Waals surface area contributed by atoms with Crippen molar-refractivity contribution < 1.29 is 9.90 Å². The van der Waals surface area contributed by atoms with Crippen molar-refractivity contribution in [2.75, 3.05) is 5.75 Å². The van der Waals surface area contributed by atoms with E-state index in [9.17, 15) is 4.79 Å². The summed E-state index contributed by atoms with van der Waals surface area (Å²) in [6.45, 7) is 0.691. The van der Waals surface area contributed by atoms with Gasteiger partial charge < -0.3 is 10.8 Å². The van der Waals surface area contributed by atoms with Crippen molar-refractivity contribution >= 4 is 17.7 Å². The van der Waals surface area contributed by atoms with Crippen LogP contribution in [0.4, 0.5) is 0 Å². The normalized spacial score (nSPS) is 10.6. The lowest BCUT2D eigenvalue weighted by Crippen LogP contribution is -2.13. The number of carboxylic acids is 1. The molecule has 0 spiro atoms. The first-order valence-electron chi connectivity index (χ1n) is 5.76. The minimum Gasteiger partial charge on any atom is -0.476 e. The fourth-order valence-electron chi connectivity index (χ4n) is 1.65. The van der Waals surface area contributed by atoms with Gasteiger partial charge in [0.2, 0.25) is 0 Å². The Kier molecular flexibility index (Phi) is 4.53. The predicted molar refractivity (Wildman–Crippen MR) is 72.0 cm³/mol. The molecule has 100 valence electrons. The molecule has 1 heterocycles. The van der Waals surface area contributed by atoms with E-state index >= 15 is 0 Å². The van der Waals surface area contributed by atoms with Crippen molar-refractivity contribution in [3.63, 3.8) is 0 Å². The van der Waals surface area contributed by atoms with Crippen LogP contribution >= 0.6 is 11.8 Å². The molecule has 0 saturated carbocycles. The zero-order chi connectivity index (χ0) is 13.7. The van der Waals surface area contributed by atoms with Crippen LogP contribution in [0, 0.1) is 0 Å². The van der Waals surface area contributed by atoms with E-state index in [0.29, 0.717) is 12.2 Å². The second-order valence-corrected chi connectivity index (χ2v) is 4.95. The van der Waals surface area contributed by atoms with Gasteiger partial charge in [-0.15, -0.1) is 16.9 Å². The number of benzene rings is 1. The first-order chi connectivity index (χ1) is 9.22. The van der Waals surface area contributed by atoms with Crippen LogP contribution in [0.3, 0.4) is 0 Å². The Bertz CT molecular complexity index is 556. The van der Waals surface area contributed by atoms with Gasteiger partial charge in [-0.25, -0.2) is 9.48 Å². The summed E-state index contributed by atoms with van der Waals surface area (Å²) in [7, 11) is 0. The number of hydrogen-bond donors (Lipinski definition) is 2. The third-order valence-electron chi connectivity index (χ3n) is 2.55. The Morgan fingerprint density at radius 2 is 2.11 bits per heavy atom. The highest BCUT2D eigenvalue weighted by molar-refractivity contribution is 7.99. The highest BCUT2D eigenvalue weighted by Crippen LogP contribution is 2.17. The van der Waals surface area contributed by atoms with Gasteiger partial charge >= 0.3 is 5.97 Å². The molecule has 19 heavy (non-hydrogen) atoms. The van der Waals surface area contributed by atoms with Crippen LogP contribution in [0.25, 0.3) is 0 Å². The van der Waals surface area contributed by atoms with E-state index in [1.54, 1.807) is 16.4 Å². The number of thioether (sulfide) groups is 1. The van der Waals surface area contributed by atoms with Gasteiger partial charge in [-0.3, -0.25) is 0 Å². The lowest BCUT2D eigenvalue weighted by molar-refractivity contribution is 0.0689. The molecule has 1 aromatic heterocycles. The number of hydrogen-bond acceptors (Lipinski definition) is 5. The second-order valence-electron chi connectivity index (χ2n) is 3.78. The van der Waals surface area contributed by atoms with Crippen molar-refractivity contribution in [3.05, 3.63) is 41.7 Å². The van der Waals surface area contributed by atoms with Crippen LogP contribution in [0.5, 0.6) is 0 Å². The molecule has 6 nitrogen and oxygen atoms in total. The highest BCUT2D eigenvalue weighted by Gasteiger charge is 2.17. The number of rotatable bonds is 6. The van der Waals surface area contributed by atoms with Gasteiger partial charge in [-0.05, 0) is 12.1 Å². The largest absolute Gasteiger partial charge is 0.476 e. The Balaban J connectivity index is 1.98. The van der Waals surface area contributed by atoms with Gasteiger partial charge in [0.25, 0.3) is 0 Å². The van der Waals surface area contributed by atoms with E-state index in [1.165, 1.54) is 0 Å². The molecule has 0 amide bonds. The zero-order valence-corrected chi connectivity index (χ0v) is 11.0. The molecule has 2 aromatic rings. The summed E-state index contributed by atoms with van der Waals surface area (Å²) in [5.41, 5.74) is 5.94. The maximum absolute atomic E-state index is 10.9. The molecule has 1 aromatic carbocycles. The maximum atomic E-state index is 10.9. The van der Waals surface area contributed by atoms with Gasteiger partial charge in [-0.1, -0.05) is 23.4 Å². The number of nitrogens with zero attached hydrogens (tertiary/aromatic N) is 3. The van der Waals surface area contributed by atoms with Crippen LogP contribution in [-0.2, 0) is 13.1 Å². The molecular formula is C12H14N4O2S. The Labute approximate surface area is 114 Å². The quantitative estimate of drug-likeness (QED) is 0.772. The standard InChI is InChI=1S/C12H14N4O2S/c13-8-10-11(12(17)18)14-15-16(10)6-7-19-9-4-2-1-3-5-9/h1-5H,6-8,13H2,(H,17,18). The first-order valence-corrected chi connectivity index (χ1v) is 6.74. The summed E-state index contributed by atoms with van der Waals surface area (Å²) in [6, 6.07) is 9.97. The minimum atomic E-state index is -1.09. The smallest absolute Gasteiger partial charge is 0.358 e. The molecule has 0 aliphatic rings. The third kappa shape index (κ3) is 3.33. The fraction of sp³-hybridized carbons (Fsp3) is 0.250. The molecule has 7 heteroatoms.